The Morgan fingerprint density at radius 1 is 1.43 bits per heavy atom. The highest BCUT2D eigenvalue weighted by Gasteiger charge is 2.13. The highest BCUT2D eigenvalue weighted by molar-refractivity contribution is 7.86. The molecule has 7 heavy (non-hydrogen) atoms. The van der Waals surface area contributed by atoms with Crippen LogP contribution >= 0.6 is 0 Å². The summed E-state index contributed by atoms with van der Waals surface area (Å²) in [5.74, 6) is 0. The van der Waals surface area contributed by atoms with Crippen LogP contribution in [0.15, 0.2) is 0 Å². The van der Waals surface area contributed by atoms with Crippen LogP contribution in [0.1, 0.15) is 0 Å². The van der Waals surface area contributed by atoms with Gasteiger partial charge in [0.05, 0.1) is 0 Å². The highest BCUT2D eigenvalue weighted by Crippen LogP contribution is 1.91. The summed E-state index contributed by atoms with van der Waals surface area (Å²) in [6.07, 6.45) is 0. The summed E-state index contributed by atoms with van der Waals surface area (Å²) in [6, 6.07) is 0. The van der Waals surface area contributed by atoms with Crippen LogP contribution in [0.3, 0.4) is 0 Å². The van der Waals surface area contributed by atoms with Crippen molar-refractivity contribution in [1.29, 1.82) is 0 Å². The minimum Gasteiger partial charge on any atom is -0.212 e. The van der Waals surface area contributed by atoms with Crippen LogP contribution in [0.4, 0.5) is 8.96 Å². The summed E-state index contributed by atoms with van der Waals surface area (Å²) in [5.41, 5.74) is 0. The van der Waals surface area contributed by atoms with E-state index in [-0.39, 0.29) is 0 Å². The Labute approximate surface area is 38.6 Å². The second kappa shape index (κ2) is 1.68. The van der Waals surface area contributed by atoms with Crippen LogP contribution in [0.5, 0.6) is 0 Å². The van der Waals surface area contributed by atoms with Crippen LogP contribution in [-0.4, -0.2) is 13.2 Å². The topological polar surface area (TPSA) is 63.4 Å². The molecule has 0 amide bonds. The Kier molecular flexibility index (Phi) is 1.62. The van der Waals surface area contributed by atoms with Gasteiger partial charge in [-0.15, -0.1) is 0 Å². The minimum atomic E-state index is -4.74. The predicted molar refractivity (Wildman–Crippen MR) is 17.2 cm³/mol. The van der Waals surface area contributed by atoms with Crippen LogP contribution in [0, 0.1) is 0 Å². The molecule has 0 aromatic heterocycles. The maximum Gasteiger partial charge on any atom is 0.331 e. The van der Waals surface area contributed by atoms with Crippen molar-refractivity contribution in [2.75, 3.05) is 0 Å². The fourth-order valence-electron chi connectivity index (χ4n) is 0. The van der Waals surface area contributed by atoms with Gasteiger partial charge in [-0.05, 0) is 0 Å². The average molecular weight is 132 g/mol. The second-order valence-corrected chi connectivity index (χ2v) is 2.02. The molecular formula is H2F2N2O2S. The zero-order valence-electron chi connectivity index (χ0n) is 3.01. The van der Waals surface area contributed by atoms with Gasteiger partial charge in [-0.2, -0.15) is 8.42 Å². The van der Waals surface area contributed by atoms with E-state index in [9.17, 15) is 17.4 Å². The van der Waals surface area contributed by atoms with E-state index in [4.69, 9.17) is 0 Å². The smallest absolute Gasteiger partial charge is 0.212 e. The summed E-state index contributed by atoms with van der Waals surface area (Å²) >= 11 is 0. The molecule has 0 aliphatic rings. The molecule has 2 N–H and O–H groups in total. The quantitative estimate of drug-likeness (QED) is 0.477. The molecule has 4 nitrogen and oxygen atoms in total. The third-order valence-corrected chi connectivity index (χ3v) is 0.577. The molecule has 0 aromatic rings. The average Bonchev–Trinajstić information content (AvgIpc) is 1.31. The van der Waals surface area contributed by atoms with Gasteiger partial charge in [0.25, 0.3) is 0 Å². The number of rotatable bonds is 1. The molecule has 0 aliphatic carbocycles. The molecular weight excluding hydrogens is 130 g/mol. The fraction of sp³-hybridized carbons (Fsp3) is 0. The molecule has 7 heteroatoms. The van der Waals surface area contributed by atoms with E-state index in [0.717, 1.165) is 0 Å². The third-order valence-electron chi connectivity index (χ3n) is 0.192. The van der Waals surface area contributed by atoms with Gasteiger partial charge in [-0.1, -0.05) is 8.96 Å². The number of hydrogen-bond donors (Lipinski definition) is 1. The van der Waals surface area contributed by atoms with Crippen molar-refractivity contribution in [3.05, 3.63) is 0 Å². The van der Waals surface area contributed by atoms with E-state index in [1.807, 2.05) is 0 Å². The Morgan fingerprint density at radius 3 is 1.57 bits per heavy atom. The normalized spacial score (nSPS) is 12.6. The Bertz CT molecular complexity index is 136. The molecule has 0 aromatic carbocycles. The largest absolute Gasteiger partial charge is 0.331 e. The van der Waals surface area contributed by atoms with Crippen molar-refractivity contribution >= 4 is 10.2 Å². The molecule has 0 rings (SSSR count). The second-order valence-electron chi connectivity index (χ2n) is 0.717. The lowest BCUT2D eigenvalue weighted by Crippen LogP contribution is -2.23. The zero-order chi connectivity index (χ0) is 6.08. The number of halogens is 2. The van der Waals surface area contributed by atoms with Crippen LogP contribution in [-0.2, 0) is 10.2 Å². The Hall–Kier alpha value is -0.270. The Balaban J connectivity index is 4.10. The molecule has 0 saturated carbocycles. The number of nitrogens with two attached hydrogens (primary N) is 1. The number of hydrogen-bond acceptors (Lipinski definition) is 2. The molecule has 0 aliphatic heterocycles. The fourth-order valence-corrected chi connectivity index (χ4v) is 0. The monoisotopic (exact) mass is 132 g/mol. The van der Waals surface area contributed by atoms with E-state index in [1.54, 1.807) is 0 Å². The molecule has 0 fully saturated rings. The first-order chi connectivity index (χ1) is 2.94. The van der Waals surface area contributed by atoms with E-state index in [1.165, 1.54) is 0 Å². The molecule has 0 saturated heterocycles. The van der Waals surface area contributed by atoms with Crippen molar-refractivity contribution in [3.63, 3.8) is 0 Å². The van der Waals surface area contributed by atoms with Crippen molar-refractivity contribution in [3.8, 4) is 0 Å². The molecule has 0 bridgehead atoms. The molecule has 44 valence electrons. The first-order valence-corrected chi connectivity index (χ1v) is 2.59. The lowest BCUT2D eigenvalue weighted by molar-refractivity contribution is -0.0538. The molecule has 0 radical (unpaired) electrons. The van der Waals surface area contributed by atoms with E-state index in [0.29, 0.717) is 0 Å². The predicted octanol–water partition coefficient (Wildman–Crippen LogP) is -0.739. The van der Waals surface area contributed by atoms with Crippen LogP contribution in [0.2, 0.25) is 0 Å². The van der Waals surface area contributed by atoms with Gasteiger partial charge in [0.15, 0.2) is 4.75 Å². The molecule has 0 unspecified atom stereocenters. The van der Waals surface area contributed by atoms with Gasteiger partial charge in [-0.25, -0.2) is 5.14 Å². The molecule has 0 heterocycles. The van der Waals surface area contributed by atoms with Crippen molar-refractivity contribution < 1.29 is 17.4 Å². The maximum absolute atomic E-state index is 10.7. The maximum atomic E-state index is 10.7. The van der Waals surface area contributed by atoms with E-state index >= 15 is 0 Å². The van der Waals surface area contributed by atoms with Crippen LogP contribution in [0.25, 0.3) is 0 Å². The van der Waals surface area contributed by atoms with Crippen molar-refractivity contribution in [1.82, 2.24) is 4.75 Å². The molecule has 0 atom stereocenters. The summed E-state index contributed by atoms with van der Waals surface area (Å²) in [6.45, 7) is 0. The summed E-state index contributed by atoms with van der Waals surface area (Å²) in [5, 5.41) is 3.83. The Morgan fingerprint density at radius 2 is 1.57 bits per heavy atom. The third kappa shape index (κ3) is 2.43. The summed E-state index contributed by atoms with van der Waals surface area (Å²) < 4.78 is 37.8. The molecule has 0 spiro atoms. The first-order valence-electron chi connectivity index (χ1n) is 1.09. The standard InChI is InChI=1S/F2H2N2O2S/c1-4(2)7(3,5)6/h(H2,3,5,6). The van der Waals surface area contributed by atoms with Gasteiger partial charge in [0.1, 0.15) is 0 Å². The van der Waals surface area contributed by atoms with Crippen molar-refractivity contribution in [2.45, 2.75) is 0 Å². The van der Waals surface area contributed by atoms with Crippen molar-refractivity contribution in [2.24, 2.45) is 5.14 Å². The van der Waals surface area contributed by atoms with E-state index < -0.39 is 15.0 Å². The van der Waals surface area contributed by atoms with E-state index in [2.05, 4.69) is 5.14 Å². The van der Waals surface area contributed by atoms with Gasteiger partial charge in [0.2, 0.25) is 0 Å². The van der Waals surface area contributed by atoms with Gasteiger partial charge in [0, 0.05) is 0 Å². The first kappa shape index (κ1) is 6.73. The number of nitrogens with zero attached hydrogens (tertiary/aromatic N) is 1. The minimum absolute atomic E-state index is 2.06. The highest BCUT2D eigenvalue weighted by atomic mass is 32.2. The zero-order valence-corrected chi connectivity index (χ0v) is 3.82. The van der Waals surface area contributed by atoms with Crippen LogP contribution < -0.4 is 5.14 Å². The van der Waals surface area contributed by atoms with Gasteiger partial charge in [-0.3, -0.25) is 0 Å². The lowest BCUT2D eigenvalue weighted by atomic mass is 13.6. The summed E-state index contributed by atoms with van der Waals surface area (Å²) in [7, 11) is -4.74. The lowest BCUT2D eigenvalue weighted by Gasteiger charge is -1.90. The van der Waals surface area contributed by atoms with Gasteiger partial charge >= 0.3 is 10.2 Å². The van der Waals surface area contributed by atoms with Gasteiger partial charge < -0.3 is 0 Å². The summed E-state index contributed by atoms with van der Waals surface area (Å²) in [4.78, 5) is 0. The SMILES string of the molecule is NS(=O)(=O)N(F)F.